The lowest BCUT2D eigenvalue weighted by Crippen LogP contribution is -1.98. The monoisotopic (exact) mass is 639 g/mol. The van der Waals surface area contributed by atoms with E-state index in [1.807, 2.05) is 18.2 Å². The first kappa shape index (κ1) is 28.3. The van der Waals surface area contributed by atoms with Gasteiger partial charge in [-0.15, -0.1) is 0 Å². The third kappa shape index (κ3) is 4.54. The summed E-state index contributed by atoms with van der Waals surface area (Å²) in [6.45, 7) is 0. The van der Waals surface area contributed by atoms with Crippen LogP contribution in [0.4, 0.5) is 0 Å². The van der Waals surface area contributed by atoms with Crippen LogP contribution in [-0.4, -0.2) is 14.5 Å². The zero-order valence-corrected chi connectivity index (χ0v) is 27.0. The van der Waals surface area contributed by atoms with Crippen LogP contribution in [0.3, 0.4) is 0 Å². The summed E-state index contributed by atoms with van der Waals surface area (Å²) in [4.78, 5) is 9.62. The van der Waals surface area contributed by atoms with Crippen LogP contribution in [0.2, 0.25) is 0 Å². The molecule has 3 heterocycles. The summed E-state index contributed by atoms with van der Waals surface area (Å²) in [7, 11) is 0. The van der Waals surface area contributed by atoms with E-state index in [0.29, 0.717) is 5.89 Å². The van der Waals surface area contributed by atoms with Gasteiger partial charge in [-0.25, -0.2) is 4.98 Å². The van der Waals surface area contributed by atoms with E-state index >= 15 is 0 Å². The number of hydrogen-bond acceptors (Lipinski definition) is 3. The van der Waals surface area contributed by atoms with Gasteiger partial charge in [0, 0.05) is 33.5 Å². The van der Waals surface area contributed by atoms with E-state index in [0.717, 1.165) is 55.4 Å². The lowest BCUT2D eigenvalue weighted by molar-refractivity contribution is 0.620. The highest BCUT2D eigenvalue weighted by Gasteiger charge is 2.19. The van der Waals surface area contributed by atoms with Crippen molar-refractivity contribution in [1.82, 2.24) is 14.5 Å². The number of rotatable bonds is 5. The summed E-state index contributed by atoms with van der Waals surface area (Å²) >= 11 is 0. The molecule has 0 saturated carbocycles. The second-order valence-corrected chi connectivity index (χ2v) is 12.6. The second kappa shape index (κ2) is 11.4. The Labute approximate surface area is 288 Å². The Morgan fingerprint density at radius 2 is 1.04 bits per heavy atom. The van der Waals surface area contributed by atoms with Gasteiger partial charge in [0.2, 0.25) is 5.89 Å². The largest absolute Gasteiger partial charge is 0.436 e. The molecule has 0 bridgehead atoms. The van der Waals surface area contributed by atoms with E-state index in [-0.39, 0.29) is 0 Å². The van der Waals surface area contributed by atoms with Gasteiger partial charge in [0.1, 0.15) is 5.52 Å². The van der Waals surface area contributed by atoms with Crippen molar-refractivity contribution in [2.75, 3.05) is 0 Å². The van der Waals surface area contributed by atoms with Crippen LogP contribution in [0, 0.1) is 0 Å². The number of para-hydroxylation sites is 2. The molecule has 0 aliphatic heterocycles. The number of benzene rings is 7. The Balaban J connectivity index is 1.17. The summed E-state index contributed by atoms with van der Waals surface area (Å²) in [6, 6.07) is 59.9. The van der Waals surface area contributed by atoms with E-state index in [1.165, 1.54) is 33.0 Å². The molecule has 0 atom stereocenters. The Kier molecular flexibility index (Phi) is 6.46. The quantitative estimate of drug-likeness (QED) is 0.188. The van der Waals surface area contributed by atoms with Crippen LogP contribution in [0.1, 0.15) is 0 Å². The predicted molar refractivity (Wildman–Crippen MR) is 205 cm³/mol. The van der Waals surface area contributed by atoms with Crippen LogP contribution in [0.25, 0.3) is 94.3 Å². The molecule has 50 heavy (non-hydrogen) atoms. The molecular formula is C46H29N3O. The Morgan fingerprint density at radius 3 is 1.76 bits per heavy atom. The third-order valence-corrected chi connectivity index (χ3v) is 9.72. The topological polar surface area (TPSA) is 43.9 Å². The average Bonchev–Trinajstić information content (AvgIpc) is 3.78. The van der Waals surface area contributed by atoms with Crippen molar-refractivity contribution in [2.45, 2.75) is 0 Å². The first-order valence-electron chi connectivity index (χ1n) is 16.8. The van der Waals surface area contributed by atoms with E-state index in [4.69, 9.17) is 9.40 Å². The van der Waals surface area contributed by atoms with Gasteiger partial charge in [0.25, 0.3) is 0 Å². The molecule has 0 radical (unpaired) electrons. The van der Waals surface area contributed by atoms with Crippen molar-refractivity contribution >= 4 is 43.8 Å². The normalized spacial score (nSPS) is 11.6. The molecule has 234 valence electrons. The summed E-state index contributed by atoms with van der Waals surface area (Å²) < 4.78 is 8.78. The number of aromatic nitrogens is 3. The molecule has 0 N–H and O–H groups in total. The van der Waals surface area contributed by atoms with Gasteiger partial charge >= 0.3 is 0 Å². The molecule has 0 saturated heterocycles. The van der Waals surface area contributed by atoms with Crippen molar-refractivity contribution in [2.24, 2.45) is 0 Å². The van der Waals surface area contributed by atoms with Gasteiger partial charge in [-0.3, -0.25) is 4.98 Å². The van der Waals surface area contributed by atoms with Crippen LogP contribution >= 0.6 is 0 Å². The van der Waals surface area contributed by atoms with Crippen molar-refractivity contribution < 1.29 is 4.42 Å². The average molecular weight is 640 g/mol. The number of oxazole rings is 1. The maximum atomic E-state index is 6.41. The smallest absolute Gasteiger partial charge is 0.227 e. The Bertz CT molecular complexity index is 2810. The van der Waals surface area contributed by atoms with E-state index in [9.17, 15) is 0 Å². The zero-order chi connectivity index (χ0) is 33.0. The van der Waals surface area contributed by atoms with Gasteiger partial charge in [-0.1, -0.05) is 127 Å². The van der Waals surface area contributed by atoms with Crippen LogP contribution in [0.5, 0.6) is 0 Å². The number of fused-ring (bicyclic) bond motifs is 6. The second-order valence-electron chi connectivity index (χ2n) is 12.6. The Hall–Kier alpha value is -6.78. The van der Waals surface area contributed by atoms with Gasteiger partial charge in [0.15, 0.2) is 5.58 Å². The van der Waals surface area contributed by atoms with Crippen molar-refractivity contribution in [1.29, 1.82) is 0 Å². The number of nitrogens with zero attached hydrogens (tertiary/aromatic N) is 3. The zero-order valence-electron chi connectivity index (χ0n) is 27.0. The summed E-state index contributed by atoms with van der Waals surface area (Å²) in [5.74, 6) is 0.569. The van der Waals surface area contributed by atoms with Gasteiger partial charge in [-0.2, -0.15) is 0 Å². The highest BCUT2D eigenvalue weighted by Crippen LogP contribution is 2.40. The van der Waals surface area contributed by atoms with Crippen molar-refractivity contribution in [3.8, 4) is 50.5 Å². The molecule has 0 spiro atoms. The highest BCUT2D eigenvalue weighted by atomic mass is 16.3. The molecule has 4 heteroatoms. The lowest BCUT2D eigenvalue weighted by Gasteiger charge is -2.16. The molecule has 0 aliphatic carbocycles. The van der Waals surface area contributed by atoms with E-state index in [2.05, 4.69) is 161 Å². The fourth-order valence-electron chi connectivity index (χ4n) is 7.36. The summed E-state index contributed by atoms with van der Waals surface area (Å²) in [6.07, 6.45) is 1.80. The van der Waals surface area contributed by atoms with Gasteiger partial charge < -0.3 is 8.98 Å². The fraction of sp³-hybridized carbons (Fsp3) is 0. The third-order valence-electron chi connectivity index (χ3n) is 9.72. The van der Waals surface area contributed by atoms with Crippen LogP contribution in [-0.2, 0) is 0 Å². The van der Waals surface area contributed by atoms with Crippen molar-refractivity contribution in [3.63, 3.8) is 0 Å². The maximum Gasteiger partial charge on any atom is 0.227 e. The molecule has 4 nitrogen and oxygen atoms in total. The molecule has 10 rings (SSSR count). The predicted octanol–water partition coefficient (Wildman–Crippen LogP) is 12.1. The molecule has 0 aliphatic rings. The van der Waals surface area contributed by atoms with Crippen LogP contribution < -0.4 is 0 Å². The molecule has 0 amide bonds. The molecule has 7 aromatic carbocycles. The molecule has 0 unspecified atom stereocenters. The lowest BCUT2D eigenvalue weighted by atomic mass is 9.93. The SMILES string of the molecule is c1ccc(-c2ccccc2-c2ccc(-c3ccc(-c4nc5c(ccc6cccnc65)o4)cc3-n3c4ccccc4c4ccccc43)cc2)cc1. The molecular weight excluding hydrogens is 611 g/mol. The minimum Gasteiger partial charge on any atom is -0.436 e. The fourth-order valence-corrected chi connectivity index (χ4v) is 7.36. The molecule has 3 aromatic heterocycles. The minimum atomic E-state index is 0.569. The summed E-state index contributed by atoms with van der Waals surface area (Å²) in [5, 5.41) is 3.47. The van der Waals surface area contributed by atoms with E-state index in [1.54, 1.807) is 6.20 Å². The van der Waals surface area contributed by atoms with Gasteiger partial charge in [0.05, 0.1) is 22.2 Å². The van der Waals surface area contributed by atoms with Crippen molar-refractivity contribution in [3.05, 3.63) is 176 Å². The summed E-state index contributed by atoms with van der Waals surface area (Å²) in [5.41, 5.74) is 13.6. The minimum absolute atomic E-state index is 0.569. The molecule has 0 fully saturated rings. The van der Waals surface area contributed by atoms with Gasteiger partial charge in [-0.05, 0) is 70.3 Å². The highest BCUT2D eigenvalue weighted by molar-refractivity contribution is 6.10. The standard InChI is InChI=1S/C46H29N3O/c1-2-11-30(12-3-1)35-14-4-5-15-36(35)31-20-22-32(23-21-31)37-26-24-34(46-48-45-43(50-46)27-25-33-13-10-28-47-44(33)45)29-42(37)49-40-18-8-6-16-38(40)39-17-7-9-19-41(39)49/h1-29H. The molecule has 10 aromatic rings. The van der Waals surface area contributed by atoms with E-state index < -0.39 is 0 Å². The number of hydrogen-bond donors (Lipinski definition) is 0. The first-order valence-corrected chi connectivity index (χ1v) is 16.8. The van der Waals surface area contributed by atoms with Crippen LogP contribution in [0.15, 0.2) is 180 Å². The Morgan fingerprint density at radius 1 is 0.440 bits per heavy atom. The number of pyridine rings is 1. The maximum absolute atomic E-state index is 6.41. The first-order chi connectivity index (χ1) is 24.8.